The van der Waals surface area contributed by atoms with E-state index in [-0.39, 0.29) is 11.5 Å². The first-order chi connectivity index (χ1) is 16.1. The van der Waals surface area contributed by atoms with Crippen LogP contribution in [0.1, 0.15) is 40.9 Å². The number of methoxy groups -OCH3 is 1. The molecule has 1 unspecified atom stereocenters. The molecule has 0 amide bonds. The van der Waals surface area contributed by atoms with Crippen molar-refractivity contribution in [3.63, 3.8) is 0 Å². The van der Waals surface area contributed by atoms with Crippen molar-refractivity contribution in [2.75, 3.05) is 44.9 Å². The molecule has 4 rings (SSSR count). The second-order valence-electron chi connectivity index (χ2n) is 8.53. The zero-order chi connectivity index (χ0) is 24.6. The van der Waals surface area contributed by atoms with Gasteiger partial charge in [-0.25, -0.2) is 9.97 Å². The van der Waals surface area contributed by atoms with Crippen LogP contribution in [0.2, 0.25) is 0 Å². The number of benzene rings is 2. The van der Waals surface area contributed by atoms with Crippen LogP contribution < -0.4 is 16.2 Å². The van der Waals surface area contributed by atoms with Gasteiger partial charge in [-0.05, 0) is 36.8 Å². The molecule has 7 nitrogen and oxygen atoms in total. The summed E-state index contributed by atoms with van der Waals surface area (Å²) in [5.41, 5.74) is 13.9. The van der Waals surface area contributed by atoms with Gasteiger partial charge in [-0.3, -0.25) is 4.90 Å². The van der Waals surface area contributed by atoms with E-state index in [4.69, 9.17) is 20.9 Å². The fourth-order valence-electron chi connectivity index (χ4n) is 4.54. The smallest absolute Gasteiger partial charge is 0.416 e. The molecule has 0 radical (unpaired) electrons. The zero-order valence-electron chi connectivity index (χ0n) is 19.4. The van der Waals surface area contributed by atoms with Gasteiger partial charge in [0.05, 0.1) is 31.4 Å². The molecule has 0 bridgehead atoms. The standard InChI is InChI=1S/C24H28F3N5O2/c1-13(15-8-17(24(25,26)27)11-18(28)9-15)20-21-19(30-14(2)31-23(21)29)10-16(22(20)33-3)12-32-4-6-34-7-5-32/h8-11,13H,4-7,12,28H2,1-3H3,(H2,29,30,31). The third-order valence-electron chi connectivity index (χ3n) is 6.13. The van der Waals surface area contributed by atoms with E-state index in [0.29, 0.717) is 53.4 Å². The molecular weight excluding hydrogens is 447 g/mol. The van der Waals surface area contributed by atoms with Gasteiger partial charge in [0.1, 0.15) is 17.4 Å². The van der Waals surface area contributed by atoms with E-state index in [0.717, 1.165) is 30.8 Å². The van der Waals surface area contributed by atoms with E-state index in [2.05, 4.69) is 14.9 Å². The van der Waals surface area contributed by atoms with Crippen LogP contribution >= 0.6 is 0 Å². The predicted octanol–water partition coefficient (Wildman–Crippen LogP) is 4.11. The SMILES string of the molecule is COc1c(CN2CCOCC2)cc2nc(C)nc(N)c2c1C(C)c1cc(N)cc(C(F)(F)F)c1. The van der Waals surface area contributed by atoms with Crippen molar-refractivity contribution in [2.45, 2.75) is 32.5 Å². The first kappa shape index (κ1) is 24.0. The first-order valence-electron chi connectivity index (χ1n) is 11.0. The van der Waals surface area contributed by atoms with Gasteiger partial charge in [0.2, 0.25) is 0 Å². The number of hydrogen-bond donors (Lipinski definition) is 2. The maximum Gasteiger partial charge on any atom is 0.416 e. The van der Waals surface area contributed by atoms with E-state index in [1.807, 2.05) is 13.0 Å². The van der Waals surface area contributed by atoms with Crippen molar-refractivity contribution in [3.05, 3.63) is 52.3 Å². The van der Waals surface area contributed by atoms with E-state index in [1.54, 1.807) is 20.1 Å². The van der Waals surface area contributed by atoms with Crippen molar-refractivity contribution in [2.24, 2.45) is 0 Å². The number of hydrogen-bond acceptors (Lipinski definition) is 7. The number of nitrogen functional groups attached to an aromatic ring is 2. The van der Waals surface area contributed by atoms with Crippen LogP contribution in [-0.4, -0.2) is 48.3 Å². The topological polar surface area (TPSA) is 99.5 Å². The lowest BCUT2D eigenvalue weighted by molar-refractivity contribution is -0.137. The molecule has 34 heavy (non-hydrogen) atoms. The van der Waals surface area contributed by atoms with Crippen LogP contribution in [0, 0.1) is 6.92 Å². The number of nitrogens with zero attached hydrogens (tertiary/aromatic N) is 3. The highest BCUT2D eigenvalue weighted by atomic mass is 19.4. The Hall–Kier alpha value is -3.11. The molecule has 4 N–H and O–H groups in total. The highest BCUT2D eigenvalue weighted by Crippen LogP contribution is 2.43. The Morgan fingerprint density at radius 3 is 2.47 bits per heavy atom. The molecule has 1 fully saturated rings. The number of alkyl halides is 3. The lowest BCUT2D eigenvalue weighted by atomic mass is 9.86. The normalized spacial score (nSPS) is 16.1. The lowest BCUT2D eigenvalue weighted by Crippen LogP contribution is -2.35. The average Bonchev–Trinajstić information content (AvgIpc) is 2.77. The summed E-state index contributed by atoms with van der Waals surface area (Å²) in [5, 5.41) is 0.566. The molecular formula is C24H28F3N5O2. The lowest BCUT2D eigenvalue weighted by Gasteiger charge is -2.29. The maximum atomic E-state index is 13.5. The van der Waals surface area contributed by atoms with E-state index < -0.39 is 17.7 Å². The molecule has 3 aromatic rings. The molecule has 0 saturated carbocycles. The Morgan fingerprint density at radius 1 is 1.12 bits per heavy atom. The minimum Gasteiger partial charge on any atom is -0.496 e. The van der Waals surface area contributed by atoms with Crippen LogP contribution in [-0.2, 0) is 17.5 Å². The van der Waals surface area contributed by atoms with Gasteiger partial charge in [-0.2, -0.15) is 13.2 Å². The third kappa shape index (κ3) is 4.74. The molecule has 0 spiro atoms. The number of morpholine rings is 1. The monoisotopic (exact) mass is 475 g/mol. The van der Waals surface area contributed by atoms with Gasteiger partial charge in [-0.15, -0.1) is 0 Å². The van der Waals surface area contributed by atoms with Crippen LogP contribution in [0.4, 0.5) is 24.7 Å². The number of aromatic nitrogens is 2. The largest absolute Gasteiger partial charge is 0.496 e. The number of aryl methyl sites for hydroxylation is 1. The fraction of sp³-hybridized carbons (Fsp3) is 0.417. The molecule has 10 heteroatoms. The van der Waals surface area contributed by atoms with Crippen molar-refractivity contribution in [1.29, 1.82) is 0 Å². The molecule has 2 aromatic carbocycles. The Morgan fingerprint density at radius 2 is 1.82 bits per heavy atom. The minimum atomic E-state index is -4.52. The van der Waals surface area contributed by atoms with E-state index in [1.165, 1.54) is 0 Å². The summed E-state index contributed by atoms with van der Waals surface area (Å²) in [4.78, 5) is 11.1. The Balaban J connectivity index is 1.93. The van der Waals surface area contributed by atoms with E-state index in [9.17, 15) is 13.2 Å². The number of anilines is 2. The molecule has 1 aromatic heterocycles. The second-order valence-corrected chi connectivity index (χ2v) is 8.53. The summed E-state index contributed by atoms with van der Waals surface area (Å²) in [6, 6.07) is 5.52. The van der Waals surface area contributed by atoms with Gasteiger partial charge < -0.3 is 20.9 Å². The Labute approximate surface area is 195 Å². The predicted molar refractivity (Wildman–Crippen MR) is 125 cm³/mol. The Bertz CT molecular complexity index is 1210. The van der Waals surface area contributed by atoms with Gasteiger partial charge in [0.15, 0.2) is 0 Å². The van der Waals surface area contributed by atoms with Crippen LogP contribution in [0.3, 0.4) is 0 Å². The van der Waals surface area contributed by atoms with E-state index >= 15 is 0 Å². The van der Waals surface area contributed by atoms with Crippen LogP contribution in [0.5, 0.6) is 5.75 Å². The third-order valence-corrected chi connectivity index (χ3v) is 6.13. The van der Waals surface area contributed by atoms with Crippen molar-refractivity contribution >= 4 is 22.4 Å². The molecule has 0 aliphatic carbocycles. The Kier molecular flexibility index (Phi) is 6.55. The first-order valence-corrected chi connectivity index (χ1v) is 11.0. The van der Waals surface area contributed by atoms with Crippen LogP contribution in [0.15, 0.2) is 24.3 Å². The van der Waals surface area contributed by atoms with Crippen LogP contribution in [0.25, 0.3) is 10.9 Å². The molecule has 1 aliphatic heterocycles. The fourth-order valence-corrected chi connectivity index (χ4v) is 4.54. The molecule has 1 saturated heterocycles. The van der Waals surface area contributed by atoms with Crippen molar-refractivity contribution in [3.8, 4) is 5.75 Å². The summed E-state index contributed by atoms with van der Waals surface area (Å²) >= 11 is 0. The van der Waals surface area contributed by atoms with Gasteiger partial charge >= 0.3 is 6.18 Å². The molecule has 1 aliphatic rings. The number of halogens is 3. The second kappa shape index (κ2) is 9.27. The number of nitrogens with two attached hydrogens (primary N) is 2. The van der Waals surface area contributed by atoms with Gasteiger partial charge in [0, 0.05) is 47.8 Å². The van der Waals surface area contributed by atoms with Gasteiger partial charge in [-0.1, -0.05) is 6.92 Å². The summed E-state index contributed by atoms with van der Waals surface area (Å²) in [5.74, 6) is 0.789. The molecule has 182 valence electrons. The molecule has 1 atom stereocenters. The number of fused-ring (bicyclic) bond motifs is 1. The summed E-state index contributed by atoms with van der Waals surface area (Å²) < 4.78 is 51.8. The molecule has 2 heterocycles. The average molecular weight is 476 g/mol. The highest BCUT2D eigenvalue weighted by Gasteiger charge is 2.32. The number of rotatable bonds is 5. The van der Waals surface area contributed by atoms with Crippen molar-refractivity contribution < 1.29 is 22.6 Å². The highest BCUT2D eigenvalue weighted by molar-refractivity contribution is 5.94. The summed E-state index contributed by atoms with van der Waals surface area (Å²) in [7, 11) is 1.55. The summed E-state index contributed by atoms with van der Waals surface area (Å²) in [6.45, 7) is 6.94. The summed E-state index contributed by atoms with van der Waals surface area (Å²) in [6.07, 6.45) is -4.52. The van der Waals surface area contributed by atoms with Crippen molar-refractivity contribution in [1.82, 2.24) is 14.9 Å². The quantitative estimate of drug-likeness (QED) is 0.536. The maximum absolute atomic E-state index is 13.5. The van der Waals surface area contributed by atoms with Gasteiger partial charge in [0.25, 0.3) is 0 Å². The zero-order valence-corrected chi connectivity index (χ0v) is 19.4. The minimum absolute atomic E-state index is 0.0319. The number of ether oxygens (including phenoxy) is 2.